The Balaban J connectivity index is 1.51. The van der Waals surface area contributed by atoms with Gasteiger partial charge < -0.3 is 5.32 Å². The minimum atomic E-state index is 0.730. The molecule has 86 valence electrons. The van der Waals surface area contributed by atoms with Crippen molar-refractivity contribution in [3.63, 3.8) is 0 Å². The molecule has 0 spiro atoms. The van der Waals surface area contributed by atoms with Gasteiger partial charge in [-0.25, -0.2) is 0 Å². The summed E-state index contributed by atoms with van der Waals surface area (Å²) in [5.74, 6) is 1.06. The minimum Gasteiger partial charge on any atom is -0.314 e. The molecule has 2 aliphatic carbocycles. The molecule has 2 aliphatic rings. The maximum atomic E-state index is 3.73. The molecule has 16 heavy (non-hydrogen) atoms. The largest absolute Gasteiger partial charge is 0.314 e. The number of benzene rings is 1. The van der Waals surface area contributed by atoms with Crippen molar-refractivity contribution in [2.75, 3.05) is 6.54 Å². The molecule has 1 aromatic rings. The third kappa shape index (κ3) is 2.46. The molecule has 1 N–H and O–H groups in total. The van der Waals surface area contributed by atoms with E-state index < -0.39 is 0 Å². The van der Waals surface area contributed by atoms with Gasteiger partial charge in [-0.05, 0) is 49.3 Å². The summed E-state index contributed by atoms with van der Waals surface area (Å²) in [5.41, 5.74) is 3.14. The van der Waals surface area contributed by atoms with E-state index in [0.29, 0.717) is 0 Å². The van der Waals surface area contributed by atoms with Crippen molar-refractivity contribution in [3.8, 4) is 0 Å². The lowest BCUT2D eigenvalue weighted by Gasteiger charge is -2.25. The molecule has 1 saturated carbocycles. The van der Waals surface area contributed by atoms with Crippen molar-refractivity contribution in [1.82, 2.24) is 5.32 Å². The molecular weight excluding hydrogens is 194 g/mol. The van der Waals surface area contributed by atoms with Gasteiger partial charge in [-0.1, -0.05) is 37.1 Å². The van der Waals surface area contributed by atoms with Crippen molar-refractivity contribution in [2.24, 2.45) is 5.92 Å². The highest BCUT2D eigenvalue weighted by molar-refractivity contribution is 5.30. The zero-order valence-electron chi connectivity index (χ0n) is 9.91. The second-order valence-electron chi connectivity index (χ2n) is 5.39. The van der Waals surface area contributed by atoms with Crippen LogP contribution >= 0.6 is 0 Å². The summed E-state index contributed by atoms with van der Waals surface area (Å²) < 4.78 is 0. The average molecular weight is 215 g/mol. The maximum absolute atomic E-state index is 3.73. The predicted octanol–water partition coefficient (Wildman–Crippen LogP) is 2.93. The monoisotopic (exact) mass is 215 g/mol. The highest BCUT2D eigenvalue weighted by atomic mass is 14.9. The summed E-state index contributed by atoms with van der Waals surface area (Å²) >= 11 is 0. The first-order chi connectivity index (χ1) is 7.92. The van der Waals surface area contributed by atoms with Crippen LogP contribution in [0.1, 0.15) is 36.8 Å². The fourth-order valence-electron chi connectivity index (χ4n) is 2.77. The highest BCUT2D eigenvalue weighted by Crippen LogP contribution is 2.31. The SMILES string of the molecule is c1ccc2c(c1)CCC(NCCC1CC1)C2. The third-order valence-corrected chi connectivity index (χ3v) is 4.03. The molecule has 3 rings (SSSR count). The van der Waals surface area contributed by atoms with Crippen LogP contribution in [0.5, 0.6) is 0 Å². The molecule has 1 aromatic carbocycles. The molecule has 1 heteroatoms. The van der Waals surface area contributed by atoms with Crippen LogP contribution < -0.4 is 5.32 Å². The Morgan fingerprint density at radius 2 is 1.88 bits per heavy atom. The van der Waals surface area contributed by atoms with Crippen LogP contribution in [-0.2, 0) is 12.8 Å². The second-order valence-corrected chi connectivity index (χ2v) is 5.39. The molecule has 1 unspecified atom stereocenters. The first-order valence-corrected chi connectivity index (χ1v) is 6.72. The fraction of sp³-hybridized carbons (Fsp3) is 0.600. The molecule has 0 aromatic heterocycles. The Kier molecular flexibility index (Phi) is 2.96. The summed E-state index contributed by atoms with van der Waals surface area (Å²) in [4.78, 5) is 0. The van der Waals surface area contributed by atoms with Gasteiger partial charge in [0.2, 0.25) is 0 Å². The van der Waals surface area contributed by atoms with Crippen LogP contribution in [0.3, 0.4) is 0 Å². The van der Waals surface area contributed by atoms with Crippen molar-refractivity contribution < 1.29 is 0 Å². The molecule has 0 heterocycles. The Morgan fingerprint density at radius 1 is 1.06 bits per heavy atom. The standard InChI is InChI=1S/C15H21N/c1-2-4-14-11-15(8-7-13(14)3-1)16-10-9-12-5-6-12/h1-4,12,15-16H,5-11H2. The Morgan fingerprint density at radius 3 is 2.69 bits per heavy atom. The second kappa shape index (κ2) is 4.58. The number of nitrogens with one attached hydrogen (secondary N) is 1. The van der Waals surface area contributed by atoms with E-state index in [0.717, 1.165) is 12.0 Å². The lowest BCUT2D eigenvalue weighted by Crippen LogP contribution is -2.35. The fourth-order valence-corrected chi connectivity index (χ4v) is 2.77. The molecule has 1 nitrogen and oxygen atoms in total. The van der Waals surface area contributed by atoms with Gasteiger partial charge in [0, 0.05) is 6.04 Å². The van der Waals surface area contributed by atoms with E-state index in [1.807, 2.05) is 0 Å². The topological polar surface area (TPSA) is 12.0 Å². The van der Waals surface area contributed by atoms with E-state index in [1.54, 1.807) is 11.1 Å². The molecule has 0 aliphatic heterocycles. The Bertz CT molecular complexity index is 354. The third-order valence-electron chi connectivity index (χ3n) is 4.03. The van der Waals surface area contributed by atoms with Crippen LogP contribution in [0.2, 0.25) is 0 Å². The van der Waals surface area contributed by atoms with E-state index >= 15 is 0 Å². The summed E-state index contributed by atoms with van der Waals surface area (Å²) in [6.07, 6.45) is 8.18. The first kappa shape index (κ1) is 10.3. The summed E-state index contributed by atoms with van der Waals surface area (Å²) in [5, 5.41) is 3.73. The molecule has 0 radical (unpaired) electrons. The number of hydrogen-bond donors (Lipinski definition) is 1. The van der Waals surface area contributed by atoms with Gasteiger partial charge in [0.25, 0.3) is 0 Å². The highest BCUT2D eigenvalue weighted by Gasteiger charge is 2.22. The van der Waals surface area contributed by atoms with Crippen LogP contribution in [0.25, 0.3) is 0 Å². The smallest absolute Gasteiger partial charge is 0.0111 e. The van der Waals surface area contributed by atoms with Crippen molar-refractivity contribution in [3.05, 3.63) is 35.4 Å². The van der Waals surface area contributed by atoms with Crippen LogP contribution in [0.4, 0.5) is 0 Å². The number of hydrogen-bond acceptors (Lipinski definition) is 1. The quantitative estimate of drug-likeness (QED) is 0.814. The Hall–Kier alpha value is -0.820. The van der Waals surface area contributed by atoms with E-state index in [-0.39, 0.29) is 0 Å². The molecule has 0 amide bonds. The van der Waals surface area contributed by atoms with Gasteiger partial charge in [0.15, 0.2) is 0 Å². The number of fused-ring (bicyclic) bond motifs is 1. The van der Waals surface area contributed by atoms with Gasteiger partial charge in [-0.2, -0.15) is 0 Å². The summed E-state index contributed by atoms with van der Waals surface area (Å²) in [6.45, 7) is 1.23. The normalized spacial score (nSPS) is 24.1. The van der Waals surface area contributed by atoms with Crippen LogP contribution in [-0.4, -0.2) is 12.6 Å². The lowest BCUT2D eigenvalue weighted by atomic mass is 9.88. The summed E-state index contributed by atoms with van der Waals surface area (Å²) in [6, 6.07) is 9.65. The van der Waals surface area contributed by atoms with Gasteiger partial charge >= 0.3 is 0 Å². The van der Waals surface area contributed by atoms with E-state index in [1.165, 1.54) is 45.1 Å². The van der Waals surface area contributed by atoms with E-state index in [4.69, 9.17) is 0 Å². The summed E-state index contributed by atoms with van der Waals surface area (Å²) in [7, 11) is 0. The van der Waals surface area contributed by atoms with Crippen molar-refractivity contribution >= 4 is 0 Å². The molecular formula is C15H21N. The molecule has 0 bridgehead atoms. The van der Waals surface area contributed by atoms with Crippen molar-refractivity contribution in [2.45, 2.75) is 44.6 Å². The van der Waals surface area contributed by atoms with Gasteiger partial charge in [0.1, 0.15) is 0 Å². The van der Waals surface area contributed by atoms with Crippen LogP contribution in [0, 0.1) is 5.92 Å². The average Bonchev–Trinajstić information content (AvgIpc) is 3.13. The zero-order chi connectivity index (χ0) is 10.8. The zero-order valence-corrected chi connectivity index (χ0v) is 9.91. The van der Waals surface area contributed by atoms with Gasteiger partial charge in [0.05, 0.1) is 0 Å². The molecule has 1 fully saturated rings. The van der Waals surface area contributed by atoms with Gasteiger partial charge in [-0.15, -0.1) is 0 Å². The number of aryl methyl sites for hydroxylation is 1. The van der Waals surface area contributed by atoms with Gasteiger partial charge in [-0.3, -0.25) is 0 Å². The number of rotatable bonds is 4. The molecule has 1 atom stereocenters. The van der Waals surface area contributed by atoms with Crippen molar-refractivity contribution in [1.29, 1.82) is 0 Å². The minimum absolute atomic E-state index is 0.730. The maximum Gasteiger partial charge on any atom is 0.0111 e. The van der Waals surface area contributed by atoms with Crippen LogP contribution in [0.15, 0.2) is 24.3 Å². The Labute approximate surface area is 98.3 Å². The van der Waals surface area contributed by atoms with E-state index in [9.17, 15) is 0 Å². The molecule has 0 saturated heterocycles. The predicted molar refractivity (Wildman–Crippen MR) is 67.6 cm³/mol. The first-order valence-electron chi connectivity index (χ1n) is 6.72. The lowest BCUT2D eigenvalue weighted by molar-refractivity contribution is 0.447. The van der Waals surface area contributed by atoms with E-state index in [2.05, 4.69) is 29.6 Å².